The van der Waals surface area contributed by atoms with Crippen molar-refractivity contribution in [2.75, 3.05) is 11.9 Å². The molecule has 2 rings (SSSR count). The molecule has 0 spiro atoms. The second-order valence-corrected chi connectivity index (χ2v) is 6.25. The summed E-state index contributed by atoms with van der Waals surface area (Å²) in [5, 5.41) is 9.58. The monoisotopic (exact) mass is 280 g/mol. The van der Waals surface area contributed by atoms with Crippen LogP contribution in [0.2, 0.25) is 0 Å². The SMILES string of the molecule is CCc1nn(C)cc1NC1=NCC(C(CC)CC)S1. The Labute approximate surface area is 120 Å². The Morgan fingerprint density at radius 1 is 1.42 bits per heavy atom. The molecule has 1 aromatic heterocycles. The summed E-state index contributed by atoms with van der Waals surface area (Å²) in [5.74, 6) is 0.771. The van der Waals surface area contributed by atoms with E-state index in [1.165, 1.54) is 12.8 Å². The first-order valence-corrected chi connectivity index (χ1v) is 8.06. The molecule has 0 radical (unpaired) electrons. The van der Waals surface area contributed by atoms with Crippen LogP contribution >= 0.6 is 11.8 Å². The highest BCUT2D eigenvalue weighted by atomic mass is 32.2. The van der Waals surface area contributed by atoms with Gasteiger partial charge >= 0.3 is 0 Å². The molecule has 0 saturated carbocycles. The summed E-state index contributed by atoms with van der Waals surface area (Å²) < 4.78 is 1.86. The molecule has 5 heteroatoms. The molecule has 1 atom stereocenters. The molecule has 1 N–H and O–H groups in total. The Morgan fingerprint density at radius 3 is 2.79 bits per heavy atom. The van der Waals surface area contributed by atoms with Gasteiger partial charge in [-0.05, 0) is 12.3 Å². The molecule has 0 aliphatic carbocycles. The van der Waals surface area contributed by atoms with Crippen LogP contribution in [0.15, 0.2) is 11.2 Å². The lowest BCUT2D eigenvalue weighted by molar-refractivity contribution is 0.479. The van der Waals surface area contributed by atoms with Crippen molar-refractivity contribution in [3.8, 4) is 0 Å². The molecule has 0 amide bonds. The number of aryl methyl sites for hydroxylation is 2. The van der Waals surface area contributed by atoms with Crippen LogP contribution in [-0.2, 0) is 13.5 Å². The number of hydrogen-bond acceptors (Lipinski definition) is 4. The Kier molecular flexibility index (Phi) is 4.91. The number of amidine groups is 1. The minimum atomic E-state index is 0.638. The fraction of sp³-hybridized carbons (Fsp3) is 0.714. The first kappa shape index (κ1) is 14.4. The lowest BCUT2D eigenvalue weighted by atomic mass is 9.99. The summed E-state index contributed by atoms with van der Waals surface area (Å²) in [4.78, 5) is 4.65. The summed E-state index contributed by atoms with van der Waals surface area (Å²) in [6.07, 6.45) is 5.46. The van der Waals surface area contributed by atoms with Crippen LogP contribution in [0.3, 0.4) is 0 Å². The Balaban J connectivity index is 1.98. The van der Waals surface area contributed by atoms with Crippen LogP contribution in [0.4, 0.5) is 5.69 Å². The van der Waals surface area contributed by atoms with Crippen molar-refractivity contribution in [1.29, 1.82) is 0 Å². The highest BCUT2D eigenvalue weighted by molar-refractivity contribution is 8.15. The molecule has 19 heavy (non-hydrogen) atoms. The molecular weight excluding hydrogens is 256 g/mol. The number of anilines is 1. The number of hydrogen-bond donors (Lipinski definition) is 1. The Bertz CT molecular complexity index is 448. The molecule has 1 aromatic rings. The topological polar surface area (TPSA) is 42.2 Å². The molecule has 4 nitrogen and oxygen atoms in total. The maximum Gasteiger partial charge on any atom is 0.161 e. The van der Waals surface area contributed by atoms with Gasteiger partial charge in [0.1, 0.15) is 0 Å². The summed E-state index contributed by atoms with van der Waals surface area (Å²) in [5.41, 5.74) is 2.21. The summed E-state index contributed by atoms with van der Waals surface area (Å²) in [7, 11) is 1.96. The van der Waals surface area contributed by atoms with Crippen LogP contribution in [-0.4, -0.2) is 26.7 Å². The fourth-order valence-corrected chi connectivity index (χ4v) is 3.87. The van der Waals surface area contributed by atoms with Crippen LogP contribution in [0.25, 0.3) is 0 Å². The van der Waals surface area contributed by atoms with Gasteiger partial charge in [-0.2, -0.15) is 5.10 Å². The minimum Gasteiger partial charge on any atom is -0.332 e. The third kappa shape index (κ3) is 3.32. The van der Waals surface area contributed by atoms with E-state index in [9.17, 15) is 0 Å². The Hall–Kier alpha value is -0.970. The van der Waals surface area contributed by atoms with Crippen molar-refractivity contribution < 1.29 is 0 Å². The van der Waals surface area contributed by atoms with Gasteiger partial charge in [-0.3, -0.25) is 9.67 Å². The van der Waals surface area contributed by atoms with Crippen LogP contribution in [0.1, 0.15) is 39.3 Å². The second-order valence-electron chi connectivity index (χ2n) is 5.02. The molecule has 0 fully saturated rings. The molecule has 0 aromatic carbocycles. The zero-order valence-corrected chi connectivity index (χ0v) is 13.1. The van der Waals surface area contributed by atoms with Crippen molar-refractivity contribution in [2.45, 2.75) is 45.3 Å². The van der Waals surface area contributed by atoms with E-state index in [0.29, 0.717) is 5.25 Å². The number of thioether (sulfide) groups is 1. The van der Waals surface area contributed by atoms with Gasteiger partial charge in [0.05, 0.1) is 17.9 Å². The number of aromatic nitrogens is 2. The van der Waals surface area contributed by atoms with E-state index in [1.54, 1.807) is 0 Å². The molecular formula is C14H24N4S. The predicted molar refractivity (Wildman–Crippen MR) is 84.0 cm³/mol. The van der Waals surface area contributed by atoms with Crippen molar-refractivity contribution >= 4 is 22.6 Å². The zero-order chi connectivity index (χ0) is 13.8. The van der Waals surface area contributed by atoms with Crippen molar-refractivity contribution in [2.24, 2.45) is 18.0 Å². The minimum absolute atomic E-state index is 0.638. The van der Waals surface area contributed by atoms with Gasteiger partial charge in [0.25, 0.3) is 0 Å². The number of nitrogens with one attached hydrogen (secondary N) is 1. The average Bonchev–Trinajstić information content (AvgIpc) is 2.98. The molecule has 1 aliphatic rings. The van der Waals surface area contributed by atoms with E-state index >= 15 is 0 Å². The van der Waals surface area contributed by atoms with Gasteiger partial charge in [0.15, 0.2) is 5.17 Å². The van der Waals surface area contributed by atoms with E-state index in [0.717, 1.165) is 35.4 Å². The third-order valence-electron chi connectivity index (χ3n) is 3.73. The van der Waals surface area contributed by atoms with Gasteiger partial charge in [-0.15, -0.1) is 0 Å². The van der Waals surface area contributed by atoms with E-state index in [4.69, 9.17) is 0 Å². The van der Waals surface area contributed by atoms with E-state index in [2.05, 4.69) is 36.2 Å². The van der Waals surface area contributed by atoms with E-state index in [-0.39, 0.29) is 0 Å². The maximum atomic E-state index is 4.65. The molecule has 2 heterocycles. The highest BCUT2D eigenvalue weighted by Gasteiger charge is 2.26. The molecule has 0 bridgehead atoms. The van der Waals surface area contributed by atoms with Gasteiger partial charge in [-0.1, -0.05) is 45.4 Å². The maximum absolute atomic E-state index is 4.65. The summed E-state index contributed by atoms with van der Waals surface area (Å²) >= 11 is 1.89. The van der Waals surface area contributed by atoms with E-state index in [1.807, 2.05) is 29.7 Å². The third-order valence-corrected chi connectivity index (χ3v) is 5.03. The van der Waals surface area contributed by atoms with Gasteiger partial charge in [0, 0.05) is 18.5 Å². The fourth-order valence-electron chi connectivity index (χ4n) is 2.53. The number of aliphatic imine (C=N–C) groups is 1. The quantitative estimate of drug-likeness (QED) is 0.900. The normalized spacial score (nSPS) is 19.0. The molecule has 0 saturated heterocycles. The lowest BCUT2D eigenvalue weighted by Crippen LogP contribution is -2.17. The number of nitrogens with zero attached hydrogens (tertiary/aromatic N) is 3. The first-order chi connectivity index (χ1) is 9.17. The van der Waals surface area contributed by atoms with Crippen LogP contribution in [0.5, 0.6) is 0 Å². The van der Waals surface area contributed by atoms with E-state index < -0.39 is 0 Å². The van der Waals surface area contributed by atoms with Crippen molar-refractivity contribution in [3.05, 3.63) is 11.9 Å². The summed E-state index contributed by atoms with van der Waals surface area (Å²) in [6.45, 7) is 7.62. The average molecular weight is 280 g/mol. The van der Waals surface area contributed by atoms with Crippen LogP contribution in [0, 0.1) is 5.92 Å². The Morgan fingerprint density at radius 2 is 2.16 bits per heavy atom. The van der Waals surface area contributed by atoms with Gasteiger partial charge in [-0.25, -0.2) is 0 Å². The zero-order valence-electron chi connectivity index (χ0n) is 12.3. The molecule has 1 aliphatic heterocycles. The first-order valence-electron chi connectivity index (χ1n) is 7.18. The van der Waals surface area contributed by atoms with Crippen molar-refractivity contribution in [1.82, 2.24) is 9.78 Å². The van der Waals surface area contributed by atoms with Crippen molar-refractivity contribution in [3.63, 3.8) is 0 Å². The lowest BCUT2D eigenvalue weighted by Gasteiger charge is -2.18. The standard InChI is InChI=1S/C14H24N4S/c1-5-10(6-2)13-8-15-14(19-13)16-12-9-18(4)17-11(12)7-3/h9-10,13H,5-8H2,1-4H3,(H,15,16). The molecule has 106 valence electrons. The predicted octanol–water partition coefficient (Wildman–Crippen LogP) is 3.30. The van der Waals surface area contributed by atoms with Gasteiger partial charge in [0.2, 0.25) is 0 Å². The summed E-state index contributed by atoms with van der Waals surface area (Å²) in [6, 6.07) is 0. The second kappa shape index (κ2) is 6.46. The van der Waals surface area contributed by atoms with Crippen LogP contribution < -0.4 is 5.32 Å². The highest BCUT2D eigenvalue weighted by Crippen LogP contribution is 2.31. The number of rotatable bonds is 5. The van der Waals surface area contributed by atoms with Gasteiger partial charge < -0.3 is 5.32 Å². The molecule has 1 unspecified atom stereocenters. The largest absolute Gasteiger partial charge is 0.332 e. The smallest absolute Gasteiger partial charge is 0.161 e.